The molecule has 3 heterocycles. The fourth-order valence-electron chi connectivity index (χ4n) is 3.35. The minimum absolute atomic E-state index is 0.417. The number of pyridine rings is 1. The molecule has 2 aromatic rings. The molecular weight excluding hydrogens is 356 g/mol. The van der Waals surface area contributed by atoms with E-state index in [0.29, 0.717) is 25.6 Å². The summed E-state index contributed by atoms with van der Waals surface area (Å²) >= 11 is 0. The zero-order chi connectivity index (χ0) is 20.0. The van der Waals surface area contributed by atoms with Crippen LogP contribution >= 0.6 is 0 Å². The van der Waals surface area contributed by atoms with Gasteiger partial charge < -0.3 is 24.9 Å². The molecule has 2 aromatic heterocycles. The highest BCUT2D eigenvalue weighted by Gasteiger charge is 2.25. The number of aliphatic hydroxyl groups is 1. The number of β-amino-alcohol motifs (C(OH)–C–C–N with tert-alkyl or cyclic N) is 1. The first-order valence-corrected chi connectivity index (χ1v) is 9.95. The summed E-state index contributed by atoms with van der Waals surface area (Å²) in [5, 5.41) is 17.2. The van der Waals surface area contributed by atoms with E-state index in [1.807, 2.05) is 32.2 Å². The Morgan fingerprint density at radius 2 is 2.11 bits per heavy atom. The van der Waals surface area contributed by atoms with Crippen molar-refractivity contribution in [3.8, 4) is 0 Å². The van der Waals surface area contributed by atoms with Crippen molar-refractivity contribution in [2.75, 3.05) is 45.9 Å². The van der Waals surface area contributed by atoms with Crippen LogP contribution in [0.3, 0.4) is 0 Å². The maximum atomic E-state index is 10.8. The Morgan fingerprint density at radius 3 is 2.82 bits per heavy atom. The highest BCUT2D eigenvalue weighted by atomic mass is 16.5. The van der Waals surface area contributed by atoms with Gasteiger partial charge in [-0.3, -0.25) is 4.90 Å². The van der Waals surface area contributed by atoms with Crippen molar-refractivity contribution in [1.29, 1.82) is 0 Å². The van der Waals surface area contributed by atoms with Crippen molar-refractivity contribution in [3.05, 3.63) is 35.8 Å². The molecule has 1 aliphatic heterocycles. The Morgan fingerprint density at radius 1 is 1.32 bits per heavy atom. The molecule has 1 fully saturated rings. The Balaban J connectivity index is 1.59. The van der Waals surface area contributed by atoms with Gasteiger partial charge in [-0.05, 0) is 32.9 Å². The Kier molecular flexibility index (Phi) is 6.88. The monoisotopic (exact) mass is 388 g/mol. The van der Waals surface area contributed by atoms with E-state index in [2.05, 4.69) is 42.9 Å². The van der Waals surface area contributed by atoms with Crippen molar-refractivity contribution in [2.45, 2.75) is 32.9 Å². The van der Waals surface area contributed by atoms with Crippen LogP contribution in [-0.2, 0) is 11.3 Å². The van der Waals surface area contributed by atoms with E-state index in [-0.39, 0.29) is 0 Å². The van der Waals surface area contributed by atoms with Crippen LogP contribution in [0.4, 0.5) is 0 Å². The number of hydrogen-bond donors (Lipinski definition) is 3. The topological polar surface area (TPSA) is 86.4 Å². The number of aliphatic imine (C=N–C) groups is 1. The lowest BCUT2D eigenvalue weighted by atomic mass is 10.1. The van der Waals surface area contributed by atoms with Gasteiger partial charge >= 0.3 is 0 Å². The summed E-state index contributed by atoms with van der Waals surface area (Å²) < 4.78 is 7.44. The standard InChI is InChI=1S/C20H32N6O2/c1-4-21-19(23-14-20(3,27)15-25-8-10-28-11-9-25)22-12-17-13-26-16(2)6-5-7-18(26)24-17/h5-7,13,27H,4,8-12,14-15H2,1-3H3,(H2,21,22,23). The molecule has 0 radical (unpaired) electrons. The summed E-state index contributed by atoms with van der Waals surface area (Å²) in [5.41, 5.74) is 2.13. The zero-order valence-electron chi connectivity index (χ0n) is 17.1. The molecule has 0 bridgehead atoms. The van der Waals surface area contributed by atoms with Crippen molar-refractivity contribution in [2.24, 2.45) is 4.99 Å². The maximum Gasteiger partial charge on any atom is 0.191 e. The molecule has 8 heteroatoms. The summed E-state index contributed by atoms with van der Waals surface area (Å²) in [5.74, 6) is 0.679. The van der Waals surface area contributed by atoms with Crippen molar-refractivity contribution in [1.82, 2.24) is 24.9 Å². The Hall–Kier alpha value is -2.16. The molecular formula is C20H32N6O2. The molecule has 1 atom stereocenters. The number of aryl methyl sites for hydroxylation is 1. The number of nitrogens with zero attached hydrogens (tertiary/aromatic N) is 4. The molecule has 0 aliphatic carbocycles. The lowest BCUT2D eigenvalue weighted by Crippen LogP contribution is -2.52. The lowest BCUT2D eigenvalue weighted by Gasteiger charge is -2.34. The predicted octanol–water partition coefficient (Wildman–Crippen LogP) is 0.781. The van der Waals surface area contributed by atoms with Gasteiger partial charge in [0.05, 0.1) is 31.1 Å². The van der Waals surface area contributed by atoms with Crippen molar-refractivity contribution >= 4 is 11.6 Å². The van der Waals surface area contributed by atoms with Crippen LogP contribution < -0.4 is 10.6 Å². The summed E-state index contributed by atoms with van der Waals surface area (Å²) in [7, 11) is 0. The maximum absolute atomic E-state index is 10.8. The number of morpholine rings is 1. The minimum atomic E-state index is -0.853. The van der Waals surface area contributed by atoms with Gasteiger partial charge in [-0.1, -0.05) is 6.07 Å². The number of guanidine groups is 1. The highest BCUT2D eigenvalue weighted by Crippen LogP contribution is 2.10. The summed E-state index contributed by atoms with van der Waals surface area (Å²) in [6, 6.07) is 6.06. The van der Waals surface area contributed by atoms with E-state index in [1.165, 1.54) is 0 Å². The van der Waals surface area contributed by atoms with Crippen LogP contribution in [0.2, 0.25) is 0 Å². The van der Waals surface area contributed by atoms with Crippen LogP contribution in [0.15, 0.2) is 29.4 Å². The van der Waals surface area contributed by atoms with Gasteiger partial charge in [0, 0.05) is 44.6 Å². The molecule has 3 N–H and O–H groups in total. The summed E-state index contributed by atoms with van der Waals surface area (Å²) in [6.07, 6.45) is 2.02. The van der Waals surface area contributed by atoms with E-state index in [4.69, 9.17) is 4.74 Å². The van der Waals surface area contributed by atoms with Gasteiger partial charge in [-0.2, -0.15) is 0 Å². The SMILES string of the molecule is CCNC(=NCc1cn2c(C)cccc2n1)NCC(C)(O)CN1CCOCC1. The van der Waals surface area contributed by atoms with Crippen LogP contribution in [0, 0.1) is 6.92 Å². The fourth-order valence-corrected chi connectivity index (χ4v) is 3.35. The van der Waals surface area contributed by atoms with E-state index < -0.39 is 5.60 Å². The Labute approximate surface area is 166 Å². The average molecular weight is 389 g/mol. The molecule has 3 rings (SSSR count). The third-order valence-corrected chi connectivity index (χ3v) is 4.79. The van der Waals surface area contributed by atoms with Crippen LogP contribution in [0.5, 0.6) is 0 Å². The molecule has 0 spiro atoms. The van der Waals surface area contributed by atoms with Gasteiger partial charge in [0.1, 0.15) is 5.65 Å². The van der Waals surface area contributed by atoms with E-state index in [1.54, 1.807) is 0 Å². The molecule has 28 heavy (non-hydrogen) atoms. The smallest absolute Gasteiger partial charge is 0.191 e. The first-order valence-electron chi connectivity index (χ1n) is 9.95. The number of imidazole rings is 1. The second-order valence-corrected chi connectivity index (χ2v) is 7.56. The molecule has 0 amide bonds. The third-order valence-electron chi connectivity index (χ3n) is 4.79. The molecule has 0 aromatic carbocycles. The number of nitrogens with one attached hydrogen (secondary N) is 2. The van der Waals surface area contributed by atoms with E-state index in [9.17, 15) is 5.11 Å². The number of aromatic nitrogens is 2. The second-order valence-electron chi connectivity index (χ2n) is 7.56. The number of hydrogen-bond acceptors (Lipinski definition) is 5. The van der Waals surface area contributed by atoms with E-state index >= 15 is 0 Å². The molecule has 154 valence electrons. The van der Waals surface area contributed by atoms with Crippen LogP contribution in [-0.4, -0.2) is 76.9 Å². The fraction of sp³-hybridized carbons (Fsp3) is 0.600. The van der Waals surface area contributed by atoms with Crippen LogP contribution in [0.25, 0.3) is 5.65 Å². The van der Waals surface area contributed by atoms with Gasteiger partial charge in [-0.25, -0.2) is 9.98 Å². The summed E-state index contributed by atoms with van der Waals surface area (Å²) in [6.45, 7) is 11.4. The molecule has 1 aliphatic rings. The van der Waals surface area contributed by atoms with Gasteiger partial charge in [0.15, 0.2) is 5.96 Å². The second kappa shape index (κ2) is 9.36. The van der Waals surface area contributed by atoms with E-state index in [0.717, 1.165) is 49.9 Å². The Bertz CT molecular complexity index is 795. The molecule has 0 saturated carbocycles. The van der Waals surface area contributed by atoms with Gasteiger partial charge in [-0.15, -0.1) is 0 Å². The van der Waals surface area contributed by atoms with Gasteiger partial charge in [0.25, 0.3) is 0 Å². The van der Waals surface area contributed by atoms with Gasteiger partial charge in [0.2, 0.25) is 0 Å². The number of rotatable bonds is 7. The average Bonchev–Trinajstić information content (AvgIpc) is 3.09. The number of ether oxygens (including phenoxy) is 1. The minimum Gasteiger partial charge on any atom is -0.387 e. The zero-order valence-corrected chi connectivity index (χ0v) is 17.1. The third kappa shape index (κ3) is 5.67. The van der Waals surface area contributed by atoms with Crippen molar-refractivity contribution in [3.63, 3.8) is 0 Å². The molecule has 8 nitrogen and oxygen atoms in total. The first kappa shape index (κ1) is 20.6. The normalized spacial score (nSPS) is 18.2. The highest BCUT2D eigenvalue weighted by molar-refractivity contribution is 5.79. The number of fused-ring (bicyclic) bond motifs is 1. The first-order chi connectivity index (χ1) is 13.5. The quantitative estimate of drug-likeness (QED) is 0.480. The molecule has 1 saturated heterocycles. The predicted molar refractivity (Wildman–Crippen MR) is 111 cm³/mol. The molecule has 1 unspecified atom stereocenters. The van der Waals surface area contributed by atoms with Crippen LogP contribution in [0.1, 0.15) is 25.2 Å². The summed E-state index contributed by atoms with van der Waals surface area (Å²) in [4.78, 5) is 11.5. The largest absolute Gasteiger partial charge is 0.387 e. The lowest BCUT2D eigenvalue weighted by molar-refractivity contribution is -0.0201. The van der Waals surface area contributed by atoms with Crippen molar-refractivity contribution < 1.29 is 9.84 Å².